The van der Waals surface area contributed by atoms with Gasteiger partial charge in [0.15, 0.2) is 12.2 Å². The molecule has 2 aliphatic heterocycles. The Labute approximate surface area is 178 Å². The molecule has 2 atom stereocenters. The van der Waals surface area contributed by atoms with Crippen LogP contribution < -0.4 is 10.6 Å². The van der Waals surface area contributed by atoms with Gasteiger partial charge in [-0.15, -0.1) is 0 Å². The average molecular weight is 422 g/mol. The molecule has 2 aromatic carbocycles. The SMILES string of the molecule is O=C1O[C@H](C(=O)NCCCNC(=O)[C@H]2Cc3ccccc3C(=O)O2)Cc2ccccc21. The molecular formula is C23H22N2O6. The number of fused-ring (bicyclic) bond motifs is 2. The zero-order chi connectivity index (χ0) is 21.8. The minimum atomic E-state index is -0.862. The lowest BCUT2D eigenvalue weighted by Crippen LogP contribution is -2.44. The van der Waals surface area contributed by atoms with Crippen molar-refractivity contribution in [2.45, 2.75) is 31.5 Å². The van der Waals surface area contributed by atoms with Crippen molar-refractivity contribution in [3.8, 4) is 0 Å². The molecular weight excluding hydrogens is 400 g/mol. The van der Waals surface area contributed by atoms with Crippen molar-refractivity contribution in [1.82, 2.24) is 10.6 Å². The first-order valence-corrected chi connectivity index (χ1v) is 10.2. The quantitative estimate of drug-likeness (QED) is 0.534. The van der Waals surface area contributed by atoms with E-state index < -0.39 is 24.1 Å². The van der Waals surface area contributed by atoms with E-state index in [4.69, 9.17) is 9.47 Å². The van der Waals surface area contributed by atoms with Crippen molar-refractivity contribution in [2.75, 3.05) is 13.1 Å². The van der Waals surface area contributed by atoms with E-state index in [0.29, 0.717) is 43.5 Å². The van der Waals surface area contributed by atoms with Gasteiger partial charge >= 0.3 is 11.9 Å². The Morgan fingerprint density at radius 3 is 1.61 bits per heavy atom. The highest BCUT2D eigenvalue weighted by molar-refractivity contribution is 5.96. The molecule has 0 saturated heterocycles. The second-order valence-corrected chi connectivity index (χ2v) is 7.45. The summed E-state index contributed by atoms with van der Waals surface area (Å²) < 4.78 is 10.4. The number of carbonyl (C=O) groups excluding carboxylic acids is 4. The van der Waals surface area contributed by atoms with Crippen molar-refractivity contribution in [3.63, 3.8) is 0 Å². The lowest BCUT2D eigenvalue weighted by Gasteiger charge is -2.24. The van der Waals surface area contributed by atoms with E-state index in [1.165, 1.54) is 0 Å². The van der Waals surface area contributed by atoms with Crippen LogP contribution in [0, 0.1) is 0 Å². The first-order valence-electron chi connectivity index (χ1n) is 10.2. The average Bonchev–Trinajstić information content (AvgIpc) is 2.78. The Hall–Kier alpha value is -3.68. The molecule has 0 bridgehead atoms. The normalized spacial score (nSPS) is 19.4. The fourth-order valence-corrected chi connectivity index (χ4v) is 3.69. The summed E-state index contributed by atoms with van der Waals surface area (Å²) in [6, 6.07) is 14.1. The zero-order valence-corrected chi connectivity index (χ0v) is 16.8. The van der Waals surface area contributed by atoms with Gasteiger partial charge in [0, 0.05) is 25.9 Å². The topological polar surface area (TPSA) is 111 Å². The van der Waals surface area contributed by atoms with Gasteiger partial charge in [0.05, 0.1) is 11.1 Å². The number of hydrogen-bond donors (Lipinski definition) is 2. The second kappa shape index (κ2) is 8.99. The number of benzene rings is 2. The van der Waals surface area contributed by atoms with Crippen LogP contribution in [0.4, 0.5) is 0 Å². The van der Waals surface area contributed by atoms with Gasteiger partial charge in [-0.2, -0.15) is 0 Å². The third kappa shape index (κ3) is 4.58. The smallest absolute Gasteiger partial charge is 0.339 e. The highest BCUT2D eigenvalue weighted by Crippen LogP contribution is 2.21. The van der Waals surface area contributed by atoms with Gasteiger partial charge in [-0.3, -0.25) is 9.59 Å². The number of amides is 2. The van der Waals surface area contributed by atoms with Gasteiger partial charge in [0.1, 0.15) is 0 Å². The Balaban J connectivity index is 1.19. The van der Waals surface area contributed by atoms with Gasteiger partial charge in [-0.1, -0.05) is 36.4 Å². The summed E-state index contributed by atoms with van der Waals surface area (Å²) >= 11 is 0. The Morgan fingerprint density at radius 1 is 0.742 bits per heavy atom. The molecule has 8 heteroatoms. The van der Waals surface area contributed by atoms with Crippen LogP contribution in [0.1, 0.15) is 38.3 Å². The number of nitrogens with one attached hydrogen (secondary N) is 2. The van der Waals surface area contributed by atoms with Gasteiger partial charge in [-0.25, -0.2) is 9.59 Å². The third-order valence-corrected chi connectivity index (χ3v) is 5.32. The molecule has 4 rings (SSSR count). The van der Waals surface area contributed by atoms with Gasteiger partial charge < -0.3 is 20.1 Å². The molecule has 0 aliphatic carbocycles. The summed E-state index contributed by atoms with van der Waals surface area (Å²) in [7, 11) is 0. The van der Waals surface area contributed by atoms with E-state index in [1.807, 2.05) is 24.3 Å². The maximum Gasteiger partial charge on any atom is 0.339 e. The summed E-state index contributed by atoms with van der Waals surface area (Å²) in [5, 5.41) is 5.45. The standard InChI is InChI=1S/C23H22N2O6/c26-20(18-12-14-6-1-3-8-16(14)22(28)30-18)24-10-5-11-25-21(27)19-13-15-7-2-4-9-17(15)23(29)31-19/h1-4,6-9,18-19H,5,10-13H2,(H,24,26)(H,25,27)/t18-,19+. The number of esters is 2. The minimum Gasteiger partial charge on any atom is -0.448 e. The maximum absolute atomic E-state index is 12.3. The monoisotopic (exact) mass is 422 g/mol. The van der Waals surface area contributed by atoms with E-state index in [9.17, 15) is 19.2 Å². The molecule has 2 N–H and O–H groups in total. The van der Waals surface area contributed by atoms with Crippen molar-refractivity contribution < 1.29 is 28.7 Å². The van der Waals surface area contributed by atoms with Gasteiger partial charge in [-0.05, 0) is 29.7 Å². The largest absolute Gasteiger partial charge is 0.448 e. The maximum atomic E-state index is 12.3. The summed E-state index contributed by atoms with van der Waals surface area (Å²) in [5.74, 6) is -1.74. The second-order valence-electron chi connectivity index (χ2n) is 7.45. The lowest BCUT2D eigenvalue weighted by molar-refractivity contribution is -0.130. The molecule has 2 amide bonds. The van der Waals surface area contributed by atoms with E-state index in [1.54, 1.807) is 24.3 Å². The molecule has 2 heterocycles. The Bertz CT molecular complexity index is 953. The third-order valence-electron chi connectivity index (χ3n) is 5.32. The van der Waals surface area contributed by atoms with Gasteiger partial charge in [0.2, 0.25) is 0 Å². The van der Waals surface area contributed by atoms with Crippen LogP contribution in [0.2, 0.25) is 0 Å². The van der Waals surface area contributed by atoms with Crippen LogP contribution in [0.5, 0.6) is 0 Å². The predicted molar refractivity (Wildman–Crippen MR) is 109 cm³/mol. The summed E-state index contributed by atoms with van der Waals surface area (Å²) in [6.45, 7) is 0.615. The molecule has 0 aromatic heterocycles. The fraction of sp³-hybridized carbons (Fsp3) is 0.304. The van der Waals surface area contributed by atoms with Crippen molar-refractivity contribution in [2.24, 2.45) is 0 Å². The molecule has 31 heavy (non-hydrogen) atoms. The summed E-state index contributed by atoms with van der Waals surface area (Å²) in [6.07, 6.45) is -0.582. The molecule has 0 saturated carbocycles. The van der Waals surface area contributed by atoms with Crippen molar-refractivity contribution in [1.29, 1.82) is 0 Å². The Morgan fingerprint density at radius 2 is 1.16 bits per heavy atom. The van der Waals surface area contributed by atoms with Crippen LogP contribution >= 0.6 is 0 Å². The zero-order valence-electron chi connectivity index (χ0n) is 16.8. The van der Waals surface area contributed by atoms with Crippen LogP contribution in [0.25, 0.3) is 0 Å². The highest BCUT2D eigenvalue weighted by Gasteiger charge is 2.32. The number of cyclic esters (lactones) is 2. The van der Waals surface area contributed by atoms with Crippen molar-refractivity contribution >= 4 is 23.8 Å². The molecule has 2 aromatic rings. The van der Waals surface area contributed by atoms with Crippen LogP contribution in [0.15, 0.2) is 48.5 Å². The first kappa shape index (κ1) is 20.6. The minimum absolute atomic E-state index is 0.308. The molecule has 8 nitrogen and oxygen atoms in total. The molecule has 0 radical (unpaired) electrons. The summed E-state index contributed by atoms with van der Waals surface area (Å²) in [4.78, 5) is 48.7. The van der Waals surface area contributed by atoms with Crippen LogP contribution in [-0.2, 0) is 31.9 Å². The number of rotatable bonds is 6. The molecule has 0 fully saturated rings. The van der Waals surface area contributed by atoms with Gasteiger partial charge in [0.25, 0.3) is 11.8 Å². The molecule has 0 spiro atoms. The predicted octanol–water partition coefficient (Wildman–Crippen LogP) is 1.17. The summed E-state index contributed by atoms with van der Waals surface area (Å²) in [5.41, 5.74) is 2.55. The molecule has 0 unspecified atom stereocenters. The highest BCUT2D eigenvalue weighted by atomic mass is 16.6. The molecule has 160 valence electrons. The first-order chi connectivity index (χ1) is 15.0. The fourth-order valence-electron chi connectivity index (χ4n) is 3.69. The number of hydrogen-bond acceptors (Lipinski definition) is 6. The number of carbonyl (C=O) groups is 4. The van der Waals surface area contributed by atoms with Crippen LogP contribution in [-0.4, -0.2) is 49.1 Å². The lowest BCUT2D eigenvalue weighted by atomic mass is 9.98. The Kier molecular flexibility index (Phi) is 5.97. The van der Waals surface area contributed by atoms with E-state index in [-0.39, 0.29) is 11.8 Å². The van der Waals surface area contributed by atoms with Crippen LogP contribution in [0.3, 0.4) is 0 Å². The number of ether oxygens (including phenoxy) is 2. The molecule has 2 aliphatic rings. The van der Waals surface area contributed by atoms with Crippen molar-refractivity contribution in [3.05, 3.63) is 70.8 Å². The van der Waals surface area contributed by atoms with E-state index >= 15 is 0 Å². The van der Waals surface area contributed by atoms with E-state index in [2.05, 4.69) is 10.6 Å². The van der Waals surface area contributed by atoms with E-state index in [0.717, 1.165) is 11.1 Å².